The molecule has 88 valence electrons. The summed E-state index contributed by atoms with van der Waals surface area (Å²) in [5, 5.41) is 9.01. The zero-order valence-corrected chi connectivity index (χ0v) is 9.77. The number of ether oxygens (including phenoxy) is 1. The normalized spacial score (nSPS) is 12.4. The van der Waals surface area contributed by atoms with Gasteiger partial charge in [0.15, 0.2) is 6.10 Å². The number of aliphatic carboxylic acids is 1. The van der Waals surface area contributed by atoms with Crippen molar-refractivity contribution in [3.63, 3.8) is 0 Å². The maximum atomic E-state index is 11.0. The SMILES string of the molecule is CCCO[C@H](Cc1cccc(C)c1)C(=O)O. The molecular formula is C13H18O3. The Morgan fingerprint density at radius 1 is 1.50 bits per heavy atom. The van der Waals surface area contributed by atoms with E-state index >= 15 is 0 Å². The molecule has 1 aromatic carbocycles. The molecule has 0 fully saturated rings. The highest BCUT2D eigenvalue weighted by Crippen LogP contribution is 2.09. The van der Waals surface area contributed by atoms with Crippen LogP contribution in [0.2, 0.25) is 0 Å². The molecule has 0 saturated carbocycles. The van der Waals surface area contributed by atoms with E-state index in [0.29, 0.717) is 13.0 Å². The van der Waals surface area contributed by atoms with Crippen molar-refractivity contribution in [1.82, 2.24) is 0 Å². The van der Waals surface area contributed by atoms with Crippen molar-refractivity contribution in [2.45, 2.75) is 32.8 Å². The summed E-state index contributed by atoms with van der Waals surface area (Å²) in [6.07, 6.45) is 0.524. The Morgan fingerprint density at radius 3 is 2.81 bits per heavy atom. The molecule has 0 aliphatic rings. The number of carbonyl (C=O) groups is 1. The summed E-state index contributed by atoms with van der Waals surface area (Å²) in [7, 11) is 0. The molecule has 0 heterocycles. The average molecular weight is 222 g/mol. The van der Waals surface area contributed by atoms with Crippen molar-refractivity contribution in [3.05, 3.63) is 35.4 Å². The van der Waals surface area contributed by atoms with Crippen LogP contribution in [0.25, 0.3) is 0 Å². The molecular weight excluding hydrogens is 204 g/mol. The van der Waals surface area contributed by atoms with Crippen LogP contribution in [-0.2, 0) is 16.0 Å². The Bertz CT molecular complexity index is 347. The Morgan fingerprint density at radius 2 is 2.25 bits per heavy atom. The van der Waals surface area contributed by atoms with E-state index in [2.05, 4.69) is 0 Å². The highest BCUT2D eigenvalue weighted by Gasteiger charge is 2.18. The third-order valence-electron chi connectivity index (χ3n) is 2.30. The van der Waals surface area contributed by atoms with Gasteiger partial charge in [0.1, 0.15) is 0 Å². The zero-order chi connectivity index (χ0) is 12.0. The fourth-order valence-electron chi connectivity index (χ4n) is 1.53. The van der Waals surface area contributed by atoms with Crippen LogP contribution in [0.3, 0.4) is 0 Å². The second-order valence-electron chi connectivity index (χ2n) is 3.89. The van der Waals surface area contributed by atoms with E-state index in [9.17, 15) is 4.79 Å². The highest BCUT2D eigenvalue weighted by molar-refractivity contribution is 5.72. The van der Waals surface area contributed by atoms with Crippen LogP contribution in [0.5, 0.6) is 0 Å². The topological polar surface area (TPSA) is 46.5 Å². The van der Waals surface area contributed by atoms with Gasteiger partial charge in [0, 0.05) is 13.0 Å². The number of aryl methyl sites for hydroxylation is 1. The van der Waals surface area contributed by atoms with Crippen molar-refractivity contribution < 1.29 is 14.6 Å². The number of hydrogen-bond acceptors (Lipinski definition) is 2. The minimum Gasteiger partial charge on any atom is -0.479 e. The van der Waals surface area contributed by atoms with Crippen molar-refractivity contribution in [2.24, 2.45) is 0 Å². The lowest BCUT2D eigenvalue weighted by Gasteiger charge is -2.13. The van der Waals surface area contributed by atoms with Crippen LogP contribution >= 0.6 is 0 Å². The van der Waals surface area contributed by atoms with Gasteiger partial charge in [-0.15, -0.1) is 0 Å². The summed E-state index contributed by atoms with van der Waals surface area (Å²) >= 11 is 0. The summed E-state index contributed by atoms with van der Waals surface area (Å²) in [6, 6.07) is 7.85. The van der Waals surface area contributed by atoms with E-state index < -0.39 is 12.1 Å². The van der Waals surface area contributed by atoms with E-state index in [1.165, 1.54) is 0 Å². The van der Waals surface area contributed by atoms with E-state index in [0.717, 1.165) is 17.5 Å². The van der Waals surface area contributed by atoms with E-state index in [1.807, 2.05) is 38.1 Å². The van der Waals surface area contributed by atoms with Gasteiger partial charge in [-0.1, -0.05) is 36.8 Å². The zero-order valence-electron chi connectivity index (χ0n) is 9.77. The number of rotatable bonds is 6. The van der Waals surface area contributed by atoms with Crippen molar-refractivity contribution in [3.8, 4) is 0 Å². The summed E-state index contributed by atoms with van der Waals surface area (Å²) in [4.78, 5) is 11.0. The van der Waals surface area contributed by atoms with Crippen LogP contribution in [-0.4, -0.2) is 23.8 Å². The molecule has 1 atom stereocenters. The van der Waals surface area contributed by atoms with Gasteiger partial charge in [-0.25, -0.2) is 4.79 Å². The van der Waals surface area contributed by atoms with Gasteiger partial charge in [0.2, 0.25) is 0 Å². The predicted octanol–water partition coefficient (Wildman–Crippen LogP) is 2.42. The smallest absolute Gasteiger partial charge is 0.333 e. The first-order valence-electron chi connectivity index (χ1n) is 5.53. The van der Waals surface area contributed by atoms with Crippen LogP contribution in [0, 0.1) is 6.92 Å². The number of benzene rings is 1. The molecule has 0 aliphatic heterocycles. The first kappa shape index (κ1) is 12.7. The maximum absolute atomic E-state index is 11.0. The molecule has 0 unspecified atom stereocenters. The molecule has 0 radical (unpaired) electrons. The van der Waals surface area contributed by atoms with Crippen LogP contribution in [0.1, 0.15) is 24.5 Å². The van der Waals surface area contributed by atoms with Crippen molar-refractivity contribution in [2.75, 3.05) is 6.61 Å². The van der Waals surface area contributed by atoms with Gasteiger partial charge in [0.25, 0.3) is 0 Å². The van der Waals surface area contributed by atoms with E-state index in [1.54, 1.807) is 0 Å². The van der Waals surface area contributed by atoms with E-state index in [4.69, 9.17) is 9.84 Å². The summed E-state index contributed by atoms with van der Waals surface area (Å²) < 4.78 is 5.30. The molecule has 1 aromatic rings. The van der Waals surface area contributed by atoms with Crippen molar-refractivity contribution in [1.29, 1.82) is 0 Å². The lowest BCUT2D eigenvalue weighted by Crippen LogP contribution is -2.26. The molecule has 0 bridgehead atoms. The minimum absolute atomic E-state index is 0.428. The Kier molecular flexibility index (Phi) is 4.99. The van der Waals surface area contributed by atoms with Gasteiger partial charge >= 0.3 is 5.97 Å². The van der Waals surface area contributed by atoms with Gasteiger partial charge < -0.3 is 9.84 Å². The minimum atomic E-state index is -0.894. The molecule has 1 N–H and O–H groups in total. The molecule has 0 aromatic heterocycles. The molecule has 0 saturated heterocycles. The lowest BCUT2D eigenvalue weighted by molar-refractivity contribution is -0.150. The molecule has 0 spiro atoms. The fourth-order valence-corrected chi connectivity index (χ4v) is 1.53. The highest BCUT2D eigenvalue weighted by atomic mass is 16.5. The fraction of sp³-hybridized carbons (Fsp3) is 0.462. The first-order valence-corrected chi connectivity index (χ1v) is 5.53. The van der Waals surface area contributed by atoms with Crippen LogP contribution < -0.4 is 0 Å². The monoisotopic (exact) mass is 222 g/mol. The largest absolute Gasteiger partial charge is 0.479 e. The quantitative estimate of drug-likeness (QED) is 0.804. The summed E-state index contributed by atoms with van der Waals surface area (Å²) in [5.74, 6) is -0.894. The molecule has 1 rings (SSSR count). The average Bonchev–Trinajstić information content (AvgIpc) is 2.24. The van der Waals surface area contributed by atoms with Crippen LogP contribution in [0.15, 0.2) is 24.3 Å². The van der Waals surface area contributed by atoms with Gasteiger partial charge in [0.05, 0.1) is 0 Å². The third-order valence-corrected chi connectivity index (χ3v) is 2.30. The summed E-state index contributed by atoms with van der Waals surface area (Å²) in [6.45, 7) is 4.44. The number of hydrogen-bond donors (Lipinski definition) is 1. The van der Waals surface area contributed by atoms with Gasteiger partial charge in [-0.3, -0.25) is 0 Å². The molecule has 3 heteroatoms. The van der Waals surface area contributed by atoms with Crippen LogP contribution in [0.4, 0.5) is 0 Å². The standard InChI is InChI=1S/C13H18O3/c1-3-7-16-12(13(14)15)9-11-6-4-5-10(2)8-11/h4-6,8,12H,3,7,9H2,1-2H3,(H,14,15)/t12-/m1/s1. The third kappa shape index (κ3) is 4.03. The lowest BCUT2D eigenvalue weighted by atomic mass is 10.1. The summed E-state index contributed by atoms with van der Waals surface area (Å²) in [5.41, 5.74) is 2.14. The van der Waals surface area contributed by atoms with Crippen molar-refractivity contribution >= 4 is 5.97 Å². The number of carboxylic acids is 1. The Labute approximate surface area is 96.1 Å². The second-order valence-corrected chi connectivity index (χ2v) is 3.89. The number of carboxylic acid groups (broad SMARTS) is 1. The molecule has 0 aliphatic carbocycles. The Hall–Kier alpha value is -1.35. The Balaban J connectivity index is 2.64. The molecule has 3 nitrogen and oxygen atoms in total. The van der Waals surface area contributed by atoms with Gasteiger partial charge in [-0.2, -0.15) is 0 Å². The second kappa shape index (κ2) is 6.28. The molecule has 0 amide bonds. The molecule has 16 heavy (non-hydrogen) atoms. The first-order chi connectivity index (χ1) is 7.63. The predicted molar refractivity (Wildman–Crippen MR) is 62.5 cm³/mol. The van der Waals surface area contributed by atoms with Gasteiger partial charge in [-0.05, 0) is 18.9 Å². The maximum Gasteiger partial charge on any atom is 0.333 e. The van der Waals surface area contributed by atoms with E-state index in [-0.39, 0.29) is 0 Å².